The first-order valence-electron chi connectivity index (χ1n) is 6.78. The van der Waals surface area contributed by atoms with Crippen LogP contribution in [-0.2, 0) is 24.2 Å². The molecular weight excluding hydrogens is 224 g/mol. The van der Waals surface area contributed by atoms with Crippen LogP contribution in [0.5, 0.6) is 0 Å². The van der Waals surface area contributed by atoms with Gasteiger partial charge in [0.2, 0.25) is 5.91 Å². The van der Waals surface area contributed by atoms with Crippen molar-refractivity contribution < 1.29 is 4.79 Å². The van der Waals surface area contributed by atoms with Crippen molar-refractivity contribution in [3.8, 4) is 0 Å². The van der Waals surface area contributed by atoms with Gasteiger partial charge in [0.25, 0.3) is 0 Å². The number of amides is 1. The van der Waals surface area contributed by atoms with E-state index in [2.05, 4.69) is 23.5 Å². The minimum absolute atomic E-state index is 0.0906. The number of aryl methyl sites for hydroxylation is 2. The number of hydrogen-bond donors (Lipinski definition) is 2. The molecule has 0 radical (unpaired) electrons. The Morgan fingerprint density at radius 1 is 1.39 bits per heavy atom. The van der Waals surface area contributed by atoms with Crippen molar-refractivity contribution in [2.45, 2.75) is 51.6 Å². The van der Waals surface area contributed by atoms with Crippen LogP contribution in [0.3, 0.4) is 0 Å². The number of carbonyl (C=O) groups is 1. The molecule has 1 aliphatic rings. The molecule has 18 heavy (non-hydrogen) atoms. The molecule has 0 spiro atoms. The van der Waals surface area contributed by atoms with E-state index in [1.54, 1.807) is 0 Å². The second kappa shape index (κ2) is 6.01. The lowest BCUT2D eigenvalue weighted by molar-refractivity contribution is -0.121. The van der Waals surface area contributed by atoms with Crippen molar-refractivity contribution in [3.05, 3.63) is 34.9 Å². The normalized spacial score (nSPS) is 15.2. The predicted octanol–water partition coefficient (Wildman–Crippen LogP) is 1.92. The van der Waals surface area contributed by atoms with E-state index in [0.717, 1.165) is 6.42 Å². The van der Waals surface area contributed by atoms with Gasteiger partial charge in [0.1, 0.15) is 0 Å². The fourth-order valence-corrected chi connectivity index (χ4v) is 2.38. The summed E-state index contributed by atoms with van der Waals surface area (Å²) in [6.07, 6.45) is 4.91. The molecule has 0 fully saturated rings. The van der Waals surface area contributed by atoms with Crippen LogP contribution in [-0.4, -0.2) is 11.9 Å². The SMILES string of the molecule is CC(N)CCC(=O)NCc1ccc2c(c1)CCC2. The Morgan fingerprint density at radius 2 is 2.17 bits per heavy atom. The minimum atomic E-state index is 0.0906. The van der Waals surface area contributed by atoms with E-state index < -0.39 is 0 Å². The largest absolute Gasteiger partial charge is 0.352 e. The number of hydrogen-bond acceptors (Lipinski definition) is 2. The van der Waals surface area contributed by atoms with Gasteiger partial charge in [-0.05, 0) is 49.3 Å². The molecule has 0 bridgehead atoms. The highest BCUT2D eigenvalue weighted by molar-refractivity contribution is 5.75. The lowest BCUT2D eigenvalue weighted by Gasteiger charge is -2.08. The third kappa shape index (κ3) is 3.57. The summed E-state index contributed by atoms with van der Waals surface area (Å²) in [5, 5.41) is 2.95. The Morgan fingerprint density at radius 3 is 2.94 bits per heavy atom. The van der Waals surface area contributed by atoms with Gasteiger partial charge >= 0.3 is 0 Å². The number of benzene rings is 1. The average Bonchev–Trinajstić information content (AvgIpc) is 2.81. The Balaban J connectivity index is 1.81. The third-order valence-corrected chi connectivity index (χ3v) is 3.48. The second-order valence-electron chi connectivity index (χ2n) is 5.25. The molecule has 1 aliphatic carbocycles. The molecule has 0 saturated heterocycles. The molecule has 0 aromatic heterocycles. The summed E-state index contributed by atoms with van der Waals surface area (Å²) >= 11 is 0. The van der Waals surface area contributed by atoms with Gasteiger partial charge < -0.3 is 11.1 Å². The maximum absolute atomic E-state index is 11.6. The number of nitrogens with two attached hydrogens (primary N) is 1. The topological polar surface area (TPSA) is 55.1 Å². The van der Waals surface area contributed by atoms with Gasteiger partial charge in [-0.2, -0.15) is 0 Å². The predicted molar refractivity (Wildman–Crippen MR) is 73.2 cm³/mol. The standard InChI is InChI=1S/C15H22N2O/c1-11(16)5-8-15(18)17-10-12-6-7-13-3-2-4-14(13)9-12/h6-7,9,11H,2-5,8,10,16H2,1H3,(H,17,18). The minimum Gasteiger partial charge on any atom is -0.352 e. The summed E-state index contributed by atoms with van der Waals surface area (Å²) in [5.41, 5.74) is 9.76. The maximum atomic E-state index is 11.6. The van der Waals surface area contributed by atoms with E-state index in [9.17, 15) is 4.79 Å². The molecule has 1 amide bonds. The van der Waals surface area contributed by atoms with E-state index in [4.69, 9.17) is 5.73 Å². The number of carbonyl (C=O) groups excluding carboxylic acids is 1. The van der Waals surface area contributed by atoms with Crippen molar-refractivity contribution in [1.82, 2.24) is 5.32 Å². The first-order chi connectivity index (χ1) is 8.65. The van der Waals surface area contributed by atoms with Crippen LogP contribution in [0.4, 0.5) is 0 Å². The molecule has 3 nitrogen and oxygen atoms in total. The van der Waals surface area contributed by atoms with Gasteiger partial charge in [-0.25, -0.2) is 0 Å². The van der Waals surface area contributed by atoms with Crippen LogP contribution < -0.4 is 11.1 Å². The zero-order valence-corrected chi connectivity index (χ0v) is 11.0. The molecule has 98 valence electrons. The molecular formula is C15H22N2O. The molecule has 0 aliphatic heterocycles. The Kier molecular flexibility index (Phi) is 4.37. The third-order valence-electron chi connectivity index (χ3n) is 3.48. The van der Waals surface area contributed by atoms with Crippen molar-refractivity contribution in [2.24, 2.45) is 5.73 Å². The second-order valence-corrected chi connectivity index (χ2v) is 5.25. The highest BCUT2D eigenvalue weighted by Gasteiger charge is 2.11. The highest BCUT2D eigenvalue weighted by Crippen LogP contribution is 2.22. The van der Waals surface area contributed by atoms with Crippen molar-refractivity contribution in [3.63, 3.8) is 0 Å². The van der Waals surface area contributed by atoms with Gasteiger partial charge in [0, 0.05) is 19.0 Å². The number of nitrogens with one attached hydrogen (secondary N) is 1. The summed E-state index contributed by atoms with van der Waals surface area (Å²) < 4.78 is 0. The van der Waals surface area contributed by atoms with Crippen LogP contribution in [0, 0.1) is 0 Å². The van der Waals surface area contributed by atoms with Crippen molar-refractivity contribution in [2.75, 3.05) is 0 Å². The zero-order chi connectivity index (χ0) is 13.0. The van der Waals surface area contributed by atoms with Gasteiger partial charge in [-0.3, -0.25) is 4.79 Å². The Hall–Kier alpha value is -1.35. The van der Waals surface area contributed by atoms with E-state index in [0.29, 0.717) is 13.0 Å². The molecule has 3 N–H and O–H groups in total. The Bertz CT molecular complexity index is 427. The van der Waals surface area contributed by atoms with E-state index in [1.807, 2.05) is 6.92 Å². The van der Waals surface area contributed by atoms with Crippen LogP contribution in [0.15, 0.2) is 18.2 Å². The lowest BCUT2D eigenvalue weighted by atomic mass is 10.1. The van der Waals surface area contributed by atoms with E-state index >= 15 is 0 Å². The van der Waals surface area contributed by atoms with Crippen LogP contribution in [0.2, 0.25) is 0 Å². The summed E-state index contributed by atoms with van der Waals surface area (Å²) in [6.45, 7) is 2.55. The number of rotatable bonds is 5. The van der Waals surface area contributed by atoms with Crippen molar-refractivity contribution >= 4 is 5.91 Å². The summed E-state index contributed by atoms with van der Waals surface area (Å²) in [4.78, 5) is 11.6. The molecule has 1 aromatic rings. The quantitative estimate of drug-likeness (QED) is 0.834. The van der Waals surface area contributed by atoms with Gasteiger partial charge in [-0.15, -0.1) is 0 Å². The van der Waals surface area contributed by atoms with Gasteiger partial charge in [-0.1, -0.05) is 18.2 Å². The van der Waals surface area contributed by atoms with Crippen LogP contribution >= 0.6 is 0 Å². The molecule has 0 heterocycles. The molecule has 1 aromatic carbocycles. The molecule has 2 rings (SSSR count). The average molecular weight is 246 g/mol. The number of fused-ring (bicyclic) bond motifs is 1. The monoisotopic (exact) mass is 246 g/mol. The first-order valence-corrected chi connectivity index (χ1v) is 6.78. The van der Waals surface area contributed by atoms with Crippen LogP contribution in [0.25, 0.3) is 0 Å². The maximum Gasteiger partial charge on any atom is 0.220 e. The van der Waals surface area contributed by atoms with Gasteiger partial charge in [0.05, 0.1) is 0 Å². The lowest BCUT2D eigenvalue weighted by Crippen LogP contribution is -2.25. The molecule has 1 unspecified atom stereocenters. The molecule has 3 heteroatoms. The first kappa shape index (κ1) is 13.1. The zero-order valence-electron chi connectivity index (χ0n) is 11.0. The fourth-order valence-electron chi connectivity index (χ4n) is 2.38. The van der Waals surface area contributed by atoms with E-state index in [-0.39, 0.29) is 11.9 Å². The summed E-state index contributed by atoms with van der Waals surface area (Å²) in [5.74, 6) is 0.0906. The summed E-state index contributed by atoms with van der Waals surface area (Å²) in [7, 11) is 0. The smallest absolute Gasteiger partial charge is 0.220 e. The molecule has 0 saturated carbocycles. The van der Waals surface area contributed by atoms with E-state index in [1.165, 1.54) is 36.0 Å². The van der Waals surface area contributed by atoms with Gasteiger partial charge in [0.15, 0.2) is 0 Å². The van der Waals surface area contributed by atoms with Crippen LogP contribution in [0.1, 0.15) is 42.9 Å². The molecule has 1 atom stereocenters. The highest BCUT2D eigenvalue weighted by atomic mass is 16.1. The fraction of sp³-hybridized carbons (Fsp3) is 0.533. The Labute approximate surface area is 109 Å². The van der Waals surface area contributed by atoms with Crippen molar-refractivity contribution in [1.29, 1.82) is 0 Å². The summed E-state index contributed by atoms with van der Waals surface area (Å²) in [6, 6.07) is 6.64.